The maximum absolute atomic E-state index is 12.9. The van der Waals surface area contributed by atoms with Crippen LogP contribution < -0.4 is 0 Å². The zero-order valence-corrected chi connectivity index (χ0v) is 18.2. The average molecular weight is 439 g/mol. The van der Waals surface area contributed by atoms with Crippen LogP contribution in [0.2, 0.25) is 0 Å². The van der Waals surface area contributed by atoms with Gasteiger partial charge in [-0.05, 0) is 51.3 Å². The van der Waals surface area contributed by atoms with Gasteiger partial charge in [-0.2, -0.15) is 13.2 Å². The van der Waals surface area contributed by atoms with Crippen LogP contribution >= 0.6 is 0 Å². The number of fused-ring (bicyclic) bond motifs is 1. The van der Waals surface area contributed by atoms with E-state index in [0.717, 1.165) is 29.2 Å². The van der Waals surface area contributed by atoms with Crippen molar-refractivity contribution in [2.45, 2.75) is 64.6 Å². The Morgan fingerprint density at radius 1 is 1.16 bits per heavy atom. The predicted octanol–water partition coefficient (Wildman–Crippen LogP) is 4.97. The van der Waals surface area contributed by atoms with Gasteiger partial charge in [-0.1, -0.05) is 12.1 Å². The number of amides is 1. The van der Waals surface area contributed by atoms with Crippen molar-refractivity contribution in [3.8, 4) is 0 Å². The number of aryl methyl sites for hydroxylation is 1. The summed E-state index contributed by atoms with van der Waals surface area (Å²) in [5, 5.41) is 0. The maximum atomic E-state index is 12.9. The number of rotatable bonds is 5. The fraction of sp³-hybridized carbons (Fsp3) is 0.545. The van der Waals surface area contributed by atoms with Crippen molar-refractivity contribution in [1.29, 1.82) is 0 Å². The number of halogens is 3. The zero-order valence-electron chi connectivity index (χ0n) is 18.2. The quantitative estimate of drug-likeness (QED) is 0.660. The zero-order chi connectivity index (χ0) is 22.8. The molecule has 1 atom stereocenters. The Morgan fingerprint density at radius 3 is 2.42 bits per heavy atom. The van der Waals surface area contributed by atoms with Gasteiger partial charge >= 0.3 is 12.3 Å². The number of nitrogens with zero attached hydrogens (tertiary/aromatic N) is 3. The third-order valence-electron chi connectivity index (χ3n) is 5.14. The molecule has 2 heterocycles. The van der Waals surface area contributed by atoms with Crippen molar-refractivity contribution in [1.82, 2.24) is 14.5 Å². The first kappa shape index (κ1) is 23.1. The average Bonchev–Trinajstić information content (AvgIpc) is 3.08. The molecule has 2 aromatic rings. The number of aromatic nitrogens is 2. The predicted molar refractivity (Wildman–Crippen MR) is 108 cm³/mol. The molecule has 0 spiro atoms. The summed E-state index contributed by atoms with van der Waals surface area (Å²) in [6, 6.07) is 4.84. The summed E-state index contributed by atoms with van der Waals surface area (Å²) in [6.07, 6.45) is -2.00. The number of methoxy groups -OCH3 is 1. The van der Waals surface area contributed by atoms with E-state index in [-0.39, 0.29) is 6.04 Å². The molecule has 0 bridgehead atoms. The second-order valence-corrected chi connectivity index (χ2v) is 8.61. The molecular weight excluding hydrogens is 411 g/mol. The summed E-state index contributed by atoms with van der Waals surface area (Å²) in [6.45, 7) is 6.82. The van der Waals surface area contributed by atoms with E-state index in [4.69, 9.17) is 9.47 Å². The lowest BCUT2D eigenvalue weighted by atomic mass is 9.99. The standard InChI is InChI=1S/C22H28F3N3O3/c1-21(2,3)31-20(29)28-12-11-27-18(13-26-19(27)14-30-4)17(28)10-7-15-5-8-16(9-6-15)22(23,24)25/h5-6,8-9,13,17H,7,10-12,14H2,1-4H3. The van der Waals surface area contributed by atoms with Gasteiger partial charge in [0.15, 0.2) is 0 Å². The van der Waals surface area contributed by atoms with E-state index in [1.165, 1.54) is 12.1 Å². The molecule has 1 aromatic carbocycles. The minimum absolute atomic E-state index is 0.302. The summed E-state index contributed by atoms with van der Waals surface area (Å²) in [4.78, 5) is 19.0. The van der Waals surface area contributed by atoms with Crippen molar-refractivity contribution in [3.63, 3.8) is 0 Å². The summed E-state index contributed by atoms with van der Waals surface area (Å²) in [5.41, 5.74) is 0.335. The second kappa shape index (κ2) is 8.90. The number of hydrogen-bond acceptors (Lipinski definition) is 4. The Bertz CT molecular complexity index is 901. The third-order valence-corrected chi connectivity index (χ3v) is 5.14. The van der Waals surface area contributed by atoms with Gasteiger partial charge in [-0.15, -0.1) is 0 Å². The van der Waals surface area contributed by atoms with Gasteiger partial charge in [0.2, 0.25) is 0 Å². The lowest BCUT2D eigenvalue weighted by Gasteiger charge is -2.38. The Balaban J connectivity index is 1.82. The first-order valence-corrected chi connectivity index (χ1v) is 10.2. The highest BCUT2D eigenvalue weighted by molar-refractivity contribution is 5.69. The van der Waals surface area contributed by atoms with E-state index in [0.29, 0.717) is 32.5 Å². The van der Waals surface area contributed by atoms with Crippen LogP contribution in [0.4, 0.5) is 18.0 Å². The third kappa shape index (κ3) is 5.58. The number of ether oxygens (including phenoxy) is 2. The van der Waals surface area contributed by atoms with Crippen LogP contribution in [-0.2, 0) is 35.2 Å². The second-order valence-electron chi connectivity index (χ2n) is 8.61. The molecule has 1 unspecified atom stereocenters. The van der Waals surface area contributed by atoms with Gasteiger partial charge in [-0.3, -0.25) is 4.90 Å². The van der Waals surface area contributed by atoms with Gasteiger partial charge in [0.05, 0.1) is 23.5 Å². The molecule has 0 aliphatic carbocycles. The highest BCUT2D eigenvalue weighted by atomic mass is 19.4. The maximum Gasteiger partial charge on any atom is 0.416 e. The monoisotopic (exact) mass is 439 g/mol. The van der Waals surface area contributed by atoms with Crippen molar-refractivity contribution in [2.24, 2.45) is 0 Å². The van der Waals surface area contributed by atoms with Gasteiger partial charge in [0.25, 0.3) is 0 Å². The minimum atomic E-state index is -4.36. The smallest absolute Gasteiger partial charge is 0.416 e. The minimum Gasteiger partial charge on any atom is -0.444 e. The molecule has 0 N–H and O–H groups in total. The molecule has 0 radical (unpaired) electrons. The van der Waals surface area contributed by atoms with Crippen LogP contribution in [0.3, 0.4) is 0 Å². The molecule has 9 heteroatoms. The van der Waals surface area contributed by atoms with Gasteiger partial charge in [0.1, 0.15) is 18.0 Å². The first-order chi connectivity index (χ1) is 14.5. The fourth-order valence-electron chi connectivity index (χ4n) is 3.73. The molecule has 0 fully saturated rings. The molecule has 1 amide bonds. The summed E-state index contributed by atoms with van der Waals surface area (Å²) >= 11 is 0. The molecule has 170 valence electrons. The van der Waals surface area contributed by atoms with Crippen LogP contribution in [-0.4, -0.2) is 39.8 Å². The van der Waals surface area contributed by atoms with Crippen molar-refractivity contribution in [2.75, 3.05) is 13.7 Å². The number of carbonyl (C=O) groups excluding carboxylic acids is 1. The topological polar surface area (TPSA) is 56.6 Å². The summed E-state index contributed by atoms with van der Waals surface area (Å²) in [5.74, 6) is 0.779. The normalized spacial score (nSPS) is 16.9. The Labute approximate surface area is 180 Å². The number of benzene rings is 1. The number of carbonyl (C=O) groups is 1. The molecule has 1 aliphatic heterocycles. The van der Waals surface area contributed by atoms with Gasteiger partial charge in [0, 0.05) is 20.2 Å². The van der Waals surface area contributed by atoms with E-state index >= 15 is 0 Å². The highest BCUT2D eigenvalue weighted by Crippen LogP contribution is 2.33. The molecule has 31 heavy (non-hydrogen) atoms. The van der Waals surface area contributed by atoms with E-state index in [1.54, 1.807) is 18.2 Å². The Kier molecular flexibility index (Phi) is 6.64. The SMILES string of the molecule is COCc1ncc2n1CCN(C(=O)OC(C)(C)C)C2CCc1ccc(C(F)(F)F)cc1. The molecule has 3 rings (SSSR count). The molecule has 1 aliphatic rings. The van der Waals surface area contributed by atoms with Crippen molar-refractivity contribution < 1.29 is 27.4 Å². The largest absolute Gasteiger partial charge is 0.444 e. The molecule has 0 saturated carbocycles. The molecule has 6 nitrogen and oxygen atoms in total. The number of hydrogen-bond donors (Lipinski definition) is 0. The van der Waals surface area contributed by atoms with E-state index in [9.17, 15) is 18.0 Å². The van der Waals surface area contributed by atoms with Crippen molar-refractivity contribution in [3.05, 3.63) is 53.1 Å². The molecule has 0 saturated heterocycles. The lowest BCUT2D eigenvalue weighted by molar-refractivity contribution is -0.137. The summed E-state index contributed by atoms with van der Waals surface area (Å²) < 4.78 is 51.3. The molecule has 1 aromatic heterocycles. The van der Waals surface area contributed by atoms with Crippen LogP contribution in [0.1, 0.15) is 55.9 Å². The Hall–Kier alpha value is -2.55. The van der Waals surface area contributed by atoms with E-state index in [2.05, 4.69) is 4.98 Å². The first-order valence-electron chi connectivity index (χ1n) is 10.2. The Morgan fingerprint density at radius 2 is 1.84 bits per heavy atom. The van der Waals surface area contributed by atoms with Gasteiger partial charge < -0.3 is 14.0 Å². The van der Waals surface area contributed by atoms with Crippen LogP contribution in [0.5, 0.6) is 0 Å². The fourth-order valence-corrected chi connectivity index (χ4v) is 3.73. The van der Waals surface area contributed by atoms with Gasteiger partial charge in [-0.25, -0.2) is 9.78 Å². The number of imidazole rings is 1. The van der Waals surface area contributed by atoms with E-state index in [1.807, 2.05) is 25.3 Å². The van der Waals surface area contributed by atoms with E-state index < -0.39 is 23.4 Å². The van der Waals surface area contributed by atoms with Crippen molar-refractivity contribution >= 4 is 6.09 Å². The highest BCUT2D eigenvalue weighted by Gasteiger charge is 2.35. The van der Waals surface area contributed by atoms with Crippen LogP contribution in [0.15, 0.2) is 30.5 Å². The van der Waals surface area contributed by atoms with Crippen LogP contribution in [0, 0.1) is 0 Å². The lowest BCUT2D eigenvalue weighted by Crippen LogP contribution is -2.45. The summed E-state index contributed by atoms with van der Waals surface area (Å²) in [7, 11) is 1.60. The van der Waals surface area contributed by atoms with Crippen LogP contribution in [0.25, 0.3) is 0 Å². The number of alkyl halides is 3. The molecular formula is C22H28F3N3O3.